The molecular weight excluding hydrogens is 1550 g/mol. The van der Waals surface area contributed by atoms with Gasteiger partial charge in [-0.2, -0.15) is 0 Å². The zero-order valence-electron chi connectivity index (χ0n) is 63.8. The van der Waals surface area contributed by atoms with Crippen molar-refractivity contribution in [3.8, 4) is 0 Å². The summed E-state index contributed by atoms with van der Waals surface area (Å²) in [6, 6.07) is 46.3. The fraction of sp³-hybridized carbons (Fsp3) is 0.250. The minimum atomic E-state index is -0.736. The summed E-state index contributed by atoms with van der Waals surface area (Å²) < 4.78 is 114. The Balaban J connectivity index is 0.000000583. The molecule has 0 saturated carbocycles. The van der Waals surface area contributed by atoms with Crippen molar-refractivity contribution < 1.29 is 39.5 Å². The van der Waals surface area contributed by atoms with E-state index in [2.05, 4.69) is 12.1 Å². The van der Waals surface area contributed by atoms with Crippen LogP contribution in [0.15, 0.2) is 158 Å². The SMILES string of the molecule is Cc1cc(Cl)c(C)c(Cl)c1.Cc1cc(F)c(C)c(Cl)c1.Cc1cc(F)c(C)c(F)c1.Cc1ccc(C)c(Cl)c1.Cc1ccc(C)c(Cl)c1.Cc1ccc(C)c(Cl)c1Cl.Cc1ccc(C)c(Cl)c1F.Cc1ccc(C)c(Cl)c1F.Cc1ccc(C)c(F)c1.Cc1ccc(C)c(F)c1.Cc1ccc(C)c(F)c1F. The maximum atomic E-state index is 12.9. The highest BCUT2D eigenvalue weighted by atomic mass is 35.5. The van der Waals surface area contributed by atoms with Crippen LogP contribution in [0, 0.1) is 205 Å². The van der Waals surface area contributed by atoms with Crippen LogP contribution >= 0.6 is 104 Å². The molecule has 0 N–H and O–H groups in total. The molecule has 0 atom stereocenters. The van der Waals surface area contributed by atoms with Crippen LogP contribution in [0.2, 0.25) is 45.2 Å². The number of hydrogen-bond donors (Lipinski definition) is 0. The van der Waals surface area contributed by atoms with Gasteiger partial charge in [0.15, 0.2) is 11.6 Å². The second kappa shape index (κ2) is 48.0. The van der Waals surface area contributed by atoms with Crippen LogP contribution < -0.4 is 0 Å². The second-order valence-corrected chi connectivity index (χ2v) is 28.9. The monoisotopic (exact) mass is 1630 g/mol. The van der Waals surface area contributed by atoms with E-state index in [0.717, 1.165) is 81.3 Å². The van der Waals surface area contributed by atoms with Crippen LogP contribution in [0.25, 0.3) is 0 Å². The fourth-order valence-electron chi connectivity index (χ4n) is 8.08. The Morgan fingerprint density at radius 3 is 0.613 bits per heavy atom. The summed E-state index contributed by atoms with van der Waals surface area (Å²) in [7, 11) is 0. The molecule has 0 unspecified atom stereocenters. The molecule has 0 nitrogen and oxygen atoms in total. The largest absolute Gasteiger partial charge is 0.207 e. The Labute approximate surface area is 668 Å². The zero-order chi connectivity index (χ0) is 81.5. The Hall–Kier alpha value is -6.60. The average Bonchev–Trinajstić information content (AvgIpc) is 0.880. The number of aryl methyl sites for hydroxylation is 19. The van der Waals surface area contributed by atoms with Crippen molar-refractivity contribution in [3.63, 3.8) is 0 Å². The Bertz CT molecular complexity index is 3960. The summed E-state index contributed by atoms with van der Waals surface area (Å²) in [5.41, 5.74) is 17.7. The van der Waals surface area contributed by atoms with E-state index in [1.807, 2.05) is 137 Å². The van der Waals surface area contributed by atoms with Gasteiger partial charge < -0.3 is 0 Å². The van der Waals surface area contributed by atoms with Crippen LogP contribution in [0.4, 0.5) is 39.5 Å². The second-order valence-electron chi connectivity index (χ2n) is 25.4. The van der Waals surface area contributed by atoms with Gasteiger partial charge in [0.05, 0.1) is 20.1 Å². The van der Waals surface area contributed by atoms with Gasteiger partial charge in [0, 0.05) is 36.2 Å². The van der Waals surface area contributed by atoms with Gasteiger partial charge >= 0.3 is 0 Å². The highest BCUT2D eigenvalue weighted by Crippen LogP contribution is 2.29. The molecule has 0 aromatic heterocycles. The molecule has 0 heterocycles. The summed E-state index contributed by atoms with van der Waals surface area (Å²) in [6.07, 6.45) is 0. The van der Waals surface area contributed by atoms with Crippen LogP contribution in [0.3, 0.4) is 0 Å². The van der Waals surface area contributed by atoms with Gasteiger partial charge in [-0.05, 0) is 324 Å². The summed E-state index contributed by atoms with van der Waals surface area (Å²) in [4.78, 5) is 0. The van der Waals surface area contributed by atoms with E-state index in [1.165, 1.54) is 62.2 Å². The molecule has 0 fully saturated rings. The first kappa shape index (κ1) is 97.4. The minimum absolute atomic E-state index is 0.0885. The summed E-state index contributed by atoms with van der Waals surface area (Å²) in [5.74, 6) is -3.49. The zero-order valence-corrected chi connectivity index (χ0v) is 70.6. The lowest BCUT2D eigenvalue weighted by atomic mass is 10.1. The van der Waals surface area contributed by atoms with Gasteiger partial charge in [-0.1, -0.05) is 201 Å². The third kappa shape index (κ3) is 34.7. The highest BCUT2D eigenvalue weighted by Gasteiger charge is 2.10. The van der Waals surface area contributed by atoms with Crippen LogP contribution in [0.5, 0.6) is 0 Å². The Kier molecular flexibility index (Phi) is 44.1. The standard InChI is InChI=1S/2C8H8Cl2.3C8H8ClF.2C8H9Cl.2C8H8F2.2C8H9F/c1-5-3-7(9)6(2)8(10)4-5;1-5-3-4-6(2)8(10)7(5)9;1-5-3-7(9)6(2)8(10)4-5;2*1-5-3-4-6(2)8(10)7(5)9;2*1-6-3-4-7(2)8(9)5-6;1-5-3-7(9)6(2)8(10)4-5;1-5-3-4-6(2)8(10)7(5)9;2*1-6-3-4-7(2)8(9)5-6/h5*3-4H,1-2H3;2*3-5H,1-2H3;2*3-4H,1-2H3;2*3-5H,1-2H3. The predicted molar refractivity (Wildman–Crippen MR) is 440 cm³/mol. The molecule has 0 amide bonds. The van der Waals surface area contributed by atoms with Crippen molar-refractivity contribution in [2.24, 2.45) is 0 Å². The lowest BCUT2D eigenvalue weighted by molar-refractivity contribution is 0.497. The topological polar surface area (TPSA) is 0 Å². The van der Waals surface area contributed by atoms with Crippen molar-refractivity contribution in [3.05, 3.63) is 378 Å². The van der Waals surface area contributed by atoms with Crippen LogP contribution in [-0.4, -0.2) is 0 Å². The highest BCUT2D eigenvalue weighted by molar-refractivity contribution is 6.43. The van der Waals surface area contributed by atoms with Crippen LogP contribution in [-0.2, 0) is 0 Å². The molecule has 0 spiro atoms. The average molecular weight is 1640 g/mol. The van der Waals surface area contributed by atoms with E-state index < -0.39 is 23.3 Å². The molecule has 0 radical (unpaired) electrons. The number of benzene rings is 11. The van der Waals surface area contributed by atoms with Crippen molar-refractivity contribution in [2.45, 2.75) is 152 Å². The van der Waals surface area contributed by atoms with Gasteiger partial charge in [-0.15, -0.1) is 0 Å². The molecule has 18 heteroatoms. The van der Waals surface area contributed by atoms with Crippen molar-refractivity contribution in [1.29, 1.82) is 0 Å². The maximum Gasteiger partial charge on any atom is 0.161 e. The fourth-order valence-corrected chi connectivity index (χ4v) is 10.3. The molecule has 0 aliphatic rings. The number of hydrogen-bond acceptors (Lipinski definition) is 0. The third-order valence-corrected chi connectivity index (χ3v) is 19.5. The van der Waals surface area contributed by atoms with E-state index in [-0.39, 0.29) is 44.7 Å². The smallest absolute Gasteiger partial charge is 0.161 e. The maximum absolute atomic E-state index is 12.9. The molecule has 11 aromatic carbocycles. The Morgan fingerprint density at radius 1 is 0.160 bits per heavy atom. The van der Waals surface area contributed by atoms with E-state index in [4.69, 9.17) is 104 Å². The van der Waals surface area contributed by atoms with Crippen molar-refractivity contribution >= 4 is 104 Å². The summed E-state index contributed by atoms with van der Waals surface area (Å²) in [6.45, 7) is 39.7. The predicted octanol–water partition coefficient (Wildman–Crippen LogP) is 32.5. The van der Waals surface area contributed by atoms with Gasteiger partial charge in [-0.25, -0.2) is 39.5 Å². The first-order valence-electron chi connectivity index (χ1n) is 33.0. The molecular formula is C88H92Cl9F9. The van der Waals surface area contributed by atoms with E-state index in [0.29, 0.717) is 59.6 Å². The molecule has 570 valence electrons. The molecule has 0 aliphatic heterocycles. The quantitative estimate of drug-likeness (QED) is 0.133. The van der Waals surface area contributed by atoms with E-state index in [1.54, 1.807) is 110 Å². The lowest BCUT2D eigenvalue weighted by Crippen LogP contribution is -1.91. The van der Waals surface area contributed by atoms with E-state index >= 15 is 0 Å². The van der Waals surface area contributed by atoms with Gasteiger partial charge in [-0.3, -0.25) is 0 Å². The molecule has 11 rings (SSSR count). The lowest BCUT2D eigenvalue weighted by Gasteiger charge is -2.01. The first-order valence-corrected chi connectivity index (χ1v) is 36.4. The van der Waals surface area contributed by atoms with E-state index in [9.17, 15) is 39.5 Å². The normalized spacial score (nSPS) is 9.89. The molecule has 0 aliphatic carbocycles. The molecule has 11 aromatic rings. The molecule has 0 saturated heterocycles. The van der Waals surface area contributed by atoms with Gasteiger partial charge in [0.1, 0.15) is 40.7 Å². The van der Waals surface area contributed by atoms with Gasteiger partial charge in [0.25, 0.3) is 0 Å². The third-order valence-electron chi connectivity index (χ3n) is 15.5. The first-order chi connectivity index (χ1) is 49.1. The number of rotatable bonds is 0. The summed E-state index contributed by atoms with van der Waals surface area (Å²) >= 11 is 51.9. The Morgan fingerprint density at radius 2 is 0.358 bits per heavy atom. The van der Waals surface area contributed by atoms with Crippen LogP contribution in [0.1, 0.15) is 122 Å². The van der Waals surface area contributed by atoms with Crippen molar-refractivity contribution in [2.75, 3.05) is 0 Å². The summed E-state index contributed by atoms with van der Waals surface area (Å²) in [5, 5.41) is 5.50. The minimum Gasteiger partial charge on any atom is -0.207 e. The molecule has 0 bridgehead atoms. The molecule has 106 heavy (non-hydrogen) atoms. The van der Waals surface area contributed by atoms with Gasteiger partial charge in [0.2, 0.25) is 0 Å². The van der Waals surface area contributed by atoms with Crippen molar-refractivity contribution in [1.82, 2.24) is 0 Å². The number of halogens is 18.